The lowest BCUT2D eigenvalue weighted by molar-refractivity contribution is -0.139. The Hall–Kier alpha value is -2.56. The molecule has 1 aliphatic carbocycles. The summed E-state index contributed by atoms with van der Waals surface area (Å²) in [6.45, 7) is 2.74. The molecule has 0 radical (unpaired) electrons. The standard InChI is InChI=1S/C18H19NO4/c1-2-19-11-14(8-9-16(19)20)23-12-18(10-15(18)17(21)22)13-6-4-3-5-7-13/h3-9,11,15H,2,10,12H2,1H3,(H,21,22). The van der Waals surface area contributed by atoms with Crippen LogP contribution in [-0.2, 0) is 16.8 Å². The number of hydrogen-bond donors (Lipinski definition) is 1. The molecule has 0 spiro atoms. The molecule has 1 aromatic carbocycles. The molecule has 0 bridgehead atoms. The van der Waals surface area contributed by atoms with Crippen molar-refractivity contribution in [3.63, 3.8) is 0 Å². The molecule has 2 unspecified atom stereocenters. The first-order valence-electron chi connectivity index (χ1n) is 7.68. The highest BCUT2D eigenvalue weighted by Gasteiger charge is 2.60. The highest BCUT2D eigenvalue weighted by molar-refractivity contribution is 5.77. The number of carbonyl (C=O) groups is 1. The molecule has 3 rings (SSSR count). The fourth-order valence-corrected chi connectivity index (χ4v) is 3.01. The molecule has 0 saturated heterocycles. The van der Waals surface area contributed by atoms with E-state index in [9.17, 15) is 14.7 Å². The molecule has 1 fully saturated rings. The van der Waals surface area contributed by atoms with Gasteiger partial charge in [-0.25, -0.2) is 0 Å². The predicted octanol–water partition coefficient (Wildman–Crippen LogP) is 2.29. The summed E-state index contributed by atoms with van der Waals surface area (Å²) in [7, 11) is 0. The highest BCUT2D eigenvalue weighted by Crippen LogP contribution is 2.54. The summed E-state index contributed by atoms with van der Waals surface area (Å²) < 4.78 is 7.40. The van der Waals surface area contributed by atoms with Gasteiger partial charge in [0.1, 0.15) is 5.75 Å². The van der Waals surface area contributed by atoms with Gasteiger partial charge in [-0.2, -0.15) is 0 Å². The number of benzene rings is 1. The molecule has 2 aromatic rings. The maximum atomic E-state index is 11.6. The van der Waals surface area contributed by atoms with E-state index < -0.39 is 17.3 Å². The van der Waals surface area contributed by atoms with E-state index in [0.29, 0.717) is 18.7 Å². The number of rotatable bonds is 6. The number of aliphatic carboxylic acids is 1. The average molecular weight is 313 g/mol. The molecule has 1 N–H and O–H groups in total. The maximum Gasteiger partial charge on any atom is 0.307 e. The lowest BCUT2D eigenvalue weighted by atomic mass is 9.94. The van der Waals surface area contributed by atoms with Crippen molar-refractivity contribution in [1.29, 1.82) is 0 Å². The van der Waals surface area contributed by atoms with Crippen LogP contribution in [0.25, 0.3) is 0 Å². The van der Waals surface area contributed by atoms with E-state index in [1.165, 1.54) is 6.07 Å². The molecule has 0 amide bonds. The minimum Gasteiger partial charge on any atom is -0.491 e. The van der Waals surface area contributed by atoms with Crippen molar-refractivity contribution < 1.29 is 14.6 Å². The van der Waals surface area contributed by atoms with Crippen LogP contribution in [0.5, 0.6) is 5.75 Å². The van der Waals surface area contributed by atoms with Crippen molar-refractivity contribution in [2.75, 3.05) is 6.61 Å². The van der Waals surface area contributed by atoms with E-state index in [1.54, 1.807) is 16.8 Å². The first-order valence-corrected chi connectivity index (χ1v) is 7.68. The number of aromatic nitrogens is 1. The van der Waals surface area contributed by atoms with E-state index in [1.807, 2.05) is 37.3 Å². The number of carboxylic acid groups (broad SMARTS) is 1. The fourth-order valence-electron chi connectivity index (χ4n) is 3.01. The van der Waals surface area contributed by atoms with Gasteiger partial charge in [0.25, 0.3) is 5.56 Å². The van der Waals surface area contributed by atoms with Gasteiger partial charge in [0, 0.05) is 24.2 Å². The SMILES string of the molecule is CCn1cc(OCC2(c3ccccc3)CC2C(=O)O)ccc1=O. The van der Waals surface area contributed by atoms with Crippen LogP contribution in [0, 0.1) is 5.92 Å². The predicted molar refractivity (Wildman–Crippen MR) is 85.7 cm³/mol. The normalized spacial score (nSPS) is 22.6. The molecule has 5 heteroatoms. The van der Waals surface area contributed by atoms with Crippen molar-refractivity contribution in [3.8, 4) is 5.75 Å². The molecule has 2 atom stereocenters. The fraction of sp³-hybridized carbons (Fsp3) is 0.333. The zero-order valence-corrected chi connectivity index (χ0v) is 12.9. The van der Waals surface area contributed by atoms with Crippen LogP contribution in [0.1, 0.15) is 18.9 Å². The van der Waals surface area contributed by atoms with Crippen LogP contribution < -0.4 is 10.3 Å². The molecule has 120 valence electrons. The Morgan fingerprint density at radius 1 is 1.30 bits per heavy atom. The number of aryl methyl sites for hydroxylation is 1. The van der Waals surface area contributed by atoms with Crippen LogP contribution in [-0.4, -0.2) is 22.2 Å². The van der Waals surface area contributed by atoms with Gasteiger partial charge in [0.2, 0.25) is 0 Å². The second kappa shape index (κ2) is 5.91. The summed E-state index contributed by atoms with van der Waals surface area (Å²) in [6, 6.07) is 12.7. The molecule has 1 aliphatic rings. The third-order valence-corrected chi connectivity index (χ3v) is 4.52. The van der Waals surface area contributed by atoms with Gasteiger partial charge in [0.15, 0.2) is 0 Å². The van der Waals surface area contributed by atoms with Gasteiger partial charge < -0.3 is 14.4 Å². The van der Waals surface area contributed by atoms with Crippen LogP contribution in [0.15, 0.2) is 53.5 Å². The third kappa shape index (κ3) is 2.86. The summed E-state index contributed by atoms with van der Waals surface area (Å²) in [6.07, 6.45) is 2.24. The van der Waals surface area contributed by atoms with Crippen LogP contribution in [0.4, 0.5) is 0 Å². The zero-order valence-electron chi connectivity index (χ0n) is 12.9. The topological polar surface area (TPSA) is 68.5 Å². The first kappa shape index (κ1) is 15.3. The number of nitrogens with zero attached hydrogens (tertiary/aromatic N) is 1. The zero-order chi connectivity index (χ0) is 16.4. The monoisotopic (exact) mass is 313 g/mol. The van der Waals surface area contributed by atoms with Gasteiger partial charge in [-0.15, -0.1) is 0 Å². The average Bonchev–Trinajstić information content (AvgIpc) is 3.31. The van der Waals surface area contributed by atoms with E-state index >= 15 is 0 Å². The molecule has 23 heavy (non-hydrogen) atoms. The number of pyridine rings is 1. The summed E-state index contributed by atoms with van der Waals surface area (Å²) in [4.78, 5) is 23.0. The molecular formula is C18H19NO4. The molecule has 1 saturated carbocycles. The molecule has 5 nitrogen and oxygen atoms in total. The second-order valence-electron chi connectivity index (χ2n) is 5.89. The smallest absolute Gasteiger partial charge is 0.307 e. The first-order chi connectivity index (χ1) is 11.1. The highest BCUT2D eigenvalue weighted by atomic mass is 16.5. The van der Waals surface area contributed by atoms with E-state index in [-0.39, 0.29) is 12.2 Å². The van der Waals surface area contributed by atoms with Gasteiger partial charge >= 0.3 is 5.97 Å². The third-order valence-electron chi connectivity index (χ3n) is 4.52. The Bertz CT molecular complexity index is 768. The minimum atomic E-state index is -0.795. The Kier molecular flexibility index (Phi) is 3.94. The van der Waals surface area contributed by atoms with Gasteiger partial charge in [-0.05, 0) is 25.0 Å². The van der Waals surface area contributed by atoms with Gasteiger partial charge in [-0.3, -0.25) is 9.59 Å². The lowest BCUT2D eigenvalue weighted by Gasteiger charge is -2.18. The second-order valence-corrected chi connectivity index (χ2v) is 5.89. The number of carboxylic acids is 1. The van der Waals surface area contributed by atoms with E-state index in [2.05, 4.69) is 0 Å². The summed E-state index contributed by atoms with van der Waals surface area (Å²) in [5, 5.41) is 9.36. The van der Waals surface area contributed by atoms with E-state index in [4.69, 9.17) is 4.74 Å². The molecule has 0 aliphatic heterocycles. The van der Waals surface area contributed by atoms with Crippen molar-refractivity contribution in [2.24, 2.45) is 5.92 Å². The molecule has 1 aromatic heterocycles. The summed E-state index contributed by atoms with van der Waals surface area (Å²) in [5.74, 6) is -0.643. The van der Waals surface area contributed by atoms with Crippen molar-refractivity contribution >= 4 is 5.97 Å². The minimum absolute atomic E-state index is 0.0764. The lowest BCUT2D eigenvalue weighted by Crippen LogP contribution is -2.24. The van der Waals surface area contributed by atoms with Crippen LogP contribution >= 0.6 is 0 Å². The summed E-state index contributed by atoms with van der Waals surface area (Å²) >= 11 is 0. The Morgan fingerprint density at radius 2 is 2.04 bits per heavy atom. The Labute approximate surface area is 134 Å². The molecule has 1 heterocycles. The summed E-state index contributed by atoms with van der Waals surface area (Å²) in [5.41, 5.74) is 0.420. The van der Waals surface area contributed by atoms with Crippen molar-refractivity contribution in [2.45, 2.75) is 25.3 Å². The van der Waals surface area contributed by atoms with Crippen LogP contribution in [0.2, 0.25) is 0 Å². The Balaban J connectivity index is 1.82. The Morgan fingerprint density at radius 3 is 2.65 bits per heavy atom. The largest absolute Gasteiger partial charge is 0.491 e. The van der Waals surface area contributed by atoms with Gasteiger partial charge in [-0.1, -0.05) is 30.3 Å². The maximum absolute atomic E-state index is 11.6. The van der Waals surface area contributed by atoms with Gasteiger partial charge in [0.05, 0.1) is 12.5 Å². The molecular weight excluding hydrogens is 294 g/mol. The van der Waals surface area contributed by atoms with Crippen LogP contribution in [0.3, 0.4) is 0 Å². The van der Waals surface area contributed by atoms with E-state index in [0.717, 1.165) is 5.56 Å². The number of hydrogen-bond acceptors (Lipinski definition) is 3. The van der Waals surface area contributed by atoms with Crippen molar-refractivity contribution in [3.05, 3.63) is 64.6 Å². The van der Waals surface area contributed by atoms with Crippen molar-refractivity contribution in [1.82, 2.24) is 4.57 Å². The number of ether oxygens (including phenoxy) is 1. The quantitative estimate of drug-likeness (QED) is 0.888.